The van der Waals surface area contributed by atoms with E-state index in [4.69, 9.17) is 0 Å². The van der Waals surface area contributed by atoms with E-state index in [1.165, 1.54) is 0 Å². The molecule has 0 saturated carbocycles. The zero-order valence-electron chi connectivity index (χ0n) is 13.4. The lowest BCUT2D eigenvalue weighted by molar-refractivity contribution is -0.141. The average Bonchev–Trinajstić information content (AvgIpc) is 2.49. The highest BCUT2D eigenvalue weighted by atomic mass is 19.4. The van der Waals surface area contributed by atoms with Gasteiger partial charge in [0.15, 0.2) is 5.69 Å². The standard InChI is InChI=1S/C14H23F3N6/c1-3-18-13-20-11(14(15,16)17)10-12(21-13)19-4-5-23-8-6-22(2)7-9-23/h10H,3-9H2,1-2H3,(H2,18,19,20,21). The van der Waals surface area contributed by atoms with Crippen LogP contribution in [0.2, 0.25) is 0 Å². The summed E-state index contributed by atoms with van der Waals surface area (Å²) in [5.41, 5.74) is -0.939. The number of hydrogen-bond donors (Lipinski definition) is 2. The Morgan fingerprint density at radius 2 is 1.83 bits per heavy atom. The fraction of sp³-hybridized carbons (Fsp3) is 0.714. The number of alkyl halides is 3. The van der Waals surface area contributed by atoms with Gasteiger partial charge in [-0.2, -0.15) is 18.2 Å². The third-order valence-electron chi connectivity index (χ3n) is 3.68. The summed E-state index contributed by atoms with van der Waals surface area (Å²) in [6.07, 6.45) is -4.49. The van der Waals surface area contributed by atoms with Crippen molar-refractivity contribution >= 4 is 11.8 Å². The van der Waals surface area contributed by atoms with Gasteiger partial charge in [0.05, 0.1) is 0 Å². The highest BCUT2D eigenvalue weighted by molar-refractivity contribution is 5.43. The topological polar surface area (TPSA) is 56.3 Å². The SMILES string of the molecule is CCNc1nc(NCCN2CCN(C)CC2)cc(C(F)(F)F)n1. The predicted octanol–water partition coefficient (Wildman–Crippen LogP) is 1.59. The molecule has 9 heteroatoms. The number of likely N-dealkylation sites (N-methyl/N-ethyl adjacent to an activating group) is 1. The maximum absolute atomic E-state index is 12.9. The second kappa shape index (κ2) is 7.78. The van der Waals surface area contributed by atoms with E-state index in [9.17, 15) is 13.2 Å². The van der Waals surface area contributed by atoms with Gasteiger partial charge in [0.2, 0.25) is 5.95 Å². The van der Waals surface area contributed by atoms with Crippen molar-refractivity contribution in [1.82, 2.24) is 19.8 Å². The molecule has 0 radical (unpaired) electrons. The number of anilines is 2. The minimum absolute atomic E-state index is 0.00979. The molecule has 0 spiro atoms. The fourth-order valence-electron chi connectivity index (χ4n) is 2.33. The average molecular weight is 332 g/mol. The monoisotopic (exact) mass is 332 g/mol. The number of nitrogens with zero attached hydrogens (tertiary/aromatic N) is 4. The van der Waals surface area contributed by atoms with Gasteiger partial charge in [-0.1, -0.05) is 0 Å². The Balaban J connectivity index is 1.94. The number of rotatable bonds is 6. The van der Waals surface area contributed by atoms with Gasteiger partial charge in [-0.3, -0.25) is 4.90 Å². The van der Waals surface area contributed by atoms with Crippen LogP contribution in [0.1, 0.15) is 12.6 Å². The van der Waals surface area contributed by atoms with Crippen molar-refractivity contribution in [2.45, 2.75) is 13.1 Å². The van der Waals surface area contributed by atoms with Crippen LogP contribution in [0, 0.1) is 0 Å². The van der Waals surface area contributed by atoms with E-state index in [1.54, 1.807) is 6.92 Å². The van der Waals surface area contributed by atoms with Crippen molar-refractivity contribution in [2.24, 2.45) is 0 Å². The maximum Gasteiger partial charge on any atom is 0.433 e. The van der Waals surface area contributed by atoms with Gasteiger partial charge in [-0.15, -0.1) is 0 Å². The fourth-order valence-corrected chi connectivity index (χ4v) is 2.33. The van der Waals surface area contributed by atoms with E-state index >= 15 is 0 Å². The summed E-state index contributed by atoms with van der Waals surface area (Å²) in [6.45, 7) is 7.52. The summed E-state index contributed by atoms with van der Waals surface area (Å²) in [4.78, 5) is 12.1. The second-order valence-corrected chi connectivity index (χ2v) is 5.56. The Kier molecular flexibility index (Phi) is 6.00. The molecule has 0 bridgehead atoms. The van der Waals surface area contributed by atoms with Crippen LogP contribution in [0.4, 0.5) is 24.9 Å². The first-order valence-corrected chi connectivity index (χ1v) is 7.73. The van der Waals surface area contributed by atoms with Crippen LogP contribution in [0.25, 0.3) is 0 Å². The van der Waals surface area contributed by atoms with Crippen LogP contribution in [-0.2, 0) is 6.18 Å². The van der Waals surface area contributed by atoms with Crippen molar-refractivity contribution in [3.8, 4) is 0 Å². The zero-order valence-corrected chi connectivity index (χ0v) is 13.4. The number of nitrogens with one attached hydrogen (secondary N) is 2. The quantitative estimate of drug-likeness (QED) is 0.825. The summed E-state index contributed by atoms with van der Waals surface area (Å²) in [5.74, 6) is 0.182. The Morgan fingerprint density at radius 1 is 1.13 bits per heavy atom. The number of piperazine rings is 1. The lowest BCUT2D eigenvalue weighted by Crippen LogP contribution is -2.45. The van der Waals surface area contributed by atoms with Gasteiger partial charge in [-0.05, 0) is 14.0 Å². The molecule has 1 fully saturated rings. The molecule has 1 aromatic rings. The van der Waals surface area contributed by atoms with Crippen molar-refractivity contribution in [3.05, 3.63) is 11.8 Å². The first kappa shape index (κ1) is 17.7. The van der Waals surface area contributed by atoms with E-state index in [0.717, 1.165) is 38.8 Å². The van der Waals surface area contributed by atoms with Crippen molar-refractivity contribution in [1.29, 1.82) is 0 Å². The minimum atomic E-state index is -4.49. The zero-order chi connectivity index (χ0) is 16.9. The Morgan fingerprint density at radius 3 is 2.43 bits per heavy atom. The summed E-state index contributed by atoms with van der Waals surface area (Å²) in [7, 11) is 2.08. The van der Waals surface area contributed by atoms with Gasteiger partial charge in [-0.25, -0.2) is 4.98 Å². The number of hydrogen-bond acceptors (Lipinski definition) is 6. The van der Waals surface area contributed by atoms with Gasteiger partial charge < -0.3 is 15.5 Å². The summed E-state index contributed by atoms with van der Waals surface area (Å²) >= 11 is 0. The van der Waals surface area contributed by atoms with E-state index in [1.807, 2.05) is 0 Å². The van der Waals surface area contributed by atoms with Gasteiger partial charge in [0.1, 0.15) is 5.82 Å². The van der Waals surface area contributed by atoms with Crippen molar-refractivity contribution in [2.75, 3.05) is 63.5 Å². The van der Waals surface area contributed by atoms with Crippen LogP contribution in [0.3, 0.4) is 0 Å². The summed E-state index contributed by atoms with van der Waals surface area (Å²) in [5, 5.41) is 5.69. The molecule has 1 aliphatic heterocycles. The van der Waals surface area contributed by atoms with Crippen LogP contribution in [-0.4, -0.2) is 72.6 Å². The van der Waals surface area contributed by atoms with Gasteiger partial charge in [0.25, 0.3) is 0 Å². The summed E-state index contributed by atoms with van der Waals surface area (Å²) < 4.78 is 38.6. The largest absolute Gasteiger partial charge is 0.433 e. The molecule has 0 aliphatic carbocycles. The third kappa shape index (κ3) is 5.51. The lowest BCUT2D eigenvalue weighted by Gasteiger charge is -2.32. The maximum atomic E-state index is 12.9. The van der Waals surface area contributed by atoms with Crippen LogP contribution < -0.4 is 10.6 Å². The van der Waals surface area contributed by atoms with Crippen LogP contribution in [0.5, 0.6) is 0 Å². The molecular formula is C14H23F3N6. The van der Waals surface area contributed by atoms with Gasteiger partial charge >= 0.3 is 6.18 Å². The Bertz CT molecular complexity index is 500. The third-order valence-corrected chi connectivity index (χ3v) is 3.68. The van der Waals surface area contributed by atoms with E-state index in [2.05, 4.69) is 37.4 Å². The second-order valence-electron chi connectivity index (χ2n) is 5.56. The molecule has 2 N–H and O–H groups in total. The molecule has 0 aromatic carbocycles. The minimum Gasteiger partial charge on any atom is -0.369 e. The normalized spacial score (nSPS) is 17.3. The molecule has 0 amide bonds. The Labute approximate surface area is 134 Å². The van der Waals surface area contributed by atoms with Crippen molar-refractivity contribution in [3.63, 3.8) is 0 Å². The first-order valence-electron chi connectivity index (χ1n) is 7.73. The van der Waals surface area contributed by atoms with Crippen molar-refractivity contribution < 1.29 is 13.2 Å². The lowest BCUT2D eigenvalue weighted by atomic mass is 10.3. The number of aromatic nitrogens is 2. The molecule has 1 aliphatic rings. The highest BCUT2D eigenvalue weighted by Crippen LogP contribution is 2.29. The smallest absolute Gasteiger partial charge is 0.369 e. The molecule has 1 saturated heterocycles. The van der Waals surface area contributed by atoms with E-state index in [-0.39, 0.29) is 11.8 Å². The highest BCUT2D eigenvalue weighted by Gasteiger charge is 2.33. The summed E-state index contributed by atoms with van der Waals surface area (Å²) in [6, 6.07) is 0.949. The molecule has 23 heavy (non-hydrogen) atoms. The predicted molar refractivity (Wildman–Crippen MR) is 83.6 cm³/mol. The molecule has 0 unspecified atom stereocenters. The Hall–Kier alpha value is -1.61. The van der Waals surface area contributed by atoms with Crippen LogP contribution in [0.15, 0.2) is 6.07 Å². The molecule has 2 rings (SSSR count). The molecule has 2 heterocycles. The molecule has 1 aromatic heterocycles. The number of halogens is 3. The molecule has 130 valence electrons. The van der Waals surface area contributed by atoms with E-state index in [0.29, 0.717) is 13.1 Å². The first-order chi connectivity index (χ1) is 10.9. The molecule has 6 nitrogen and oxygen atoms in total. The van der Waals surface area contributed by atoms with E-state index < -0.39 is 11.9 Å². The van der Waals surface area contributed by atoms with Gasteiger partial charge in [0, 0.05) is 51.9 Å². The molecular weight excluding hydrogens is 309 g/mol. The molecule has 0 atom stereocenters. The van der Waals surface area contributed by atoms with Crippen LogP contribution >= 0.6 is 0 Å².